The van der Waals surface area contributed by atoms with E-state index in [9.17, 15) is 0 Å². The molecule has 0 aliphatic rings. The molecule has 0 aliphatic heterocycles. The number of halogens is 1. The van der Waals surface area contributed by atoms with Gasteiger partial charge in [-0.15, -0.1) is 11.3 Å². The summed E-state index contributed by atoms with van der Waals surface area (Å²) in [6, 6.07) is 0. The molecular weight excluding hydrogens is 238 g/mol. The molecule has 0 atom stereocenters. The molecule has 0 aromatic carbocycles. The van der Waals surface area contributed by atoms with Crippen LogP contribution in [0.15, 0.2) is 22.2 Å². The molecule has 0 saturated heterocycles. The van der Waals surface area contributed by atoms with E-state index >= 15 is 0 Å². The van der Waals surface area contributed by atoms with Gasteiger partial charge in [-0.25, -0.2) is 4.98 Å². The number of aromatic nitrogens is 3. The fourth-order valence-corrected chi connectivity index (χ4v) is 2.38. The van der Waals surface area contributed by atoms with E-state index in [1.54, 1.807) is 23.7 Å². The first-order valence-corrected chi connectivity index (χ1v) is 5.03. The largest absolute Gasteiger partial charge is 0.264 e. The van der Waals surface area contributed by atoms with Crippen LogP contribution in [-0.4, -0.2) is 14.8 Å². The highest BCUT2D eigenvalue weighted by Gasteiger charge is 2.09. The molecule has 2 aromatic heterocycles. The second-order valence-corrected chi connectivity index (χ2v) is 4.05. The molecule has 62 valence electrons. The van der Waals surface area contributed by atoms with Crippen molar-refractivity contribution >= 4 is 27.3 Å². The third-order valence-corrected chi connectivity index (χ3v) is 2.89. The number of thiazole rings is 1. The van der Waals surface area contributed by atoms with Gasteiger partial charge < -0.3 is 0 Å². The molecule has 2 aromatic rings. The summed E-state index contributed by atoms with van der Waals surface area (Å²) in [5, 5.41) is 7.05. The number of aryl methyl sites for hydroxylation is 1. The Morgan fingerprint density at radius 1 is 1.58 bits per heavy atom. The van der Waals surface area contributed by atoms with Gasteiger partial charge >= 0.3 is 0 Å². The van der Waals surface area contributed by atoms with Crippen molar-refractivity contribution in [2.45, 2.75) is 0 Å². The van der Waals surface area contributed by atoms with E-state index in [1.807, 2.05) is 17.1 Å². The van der Waals surface area contributed by atoms with Gasteiger partial charge in [0, 0.05) is 18.6 Å². The van der Waals surface area contributed by atoms with Gasteiger partial charge in [0.2, 0.25) is 0 Å². The Hall–Kier alpha value is -0.680. The molecular formula is C7H6BrN3S. The molecule has 2 rings (SSSR count). The standard InChI is InChI=1S/C7H6BrN3S/c1-11-6(5(8)4-10-11)7-9-2-3-12-7/h2-4H,1H3. The third-order valence-electron chi connectivity index (χ3n) is 1.53. The highest BCUT2D eigenvalue weighted by Crippen LogP contribution is 2.28. The van der Waals surface area contributed by atoms with Crippen LogP contribution in [-0.2, 0) is 7.05 Å². The van der Waals surface area contributed by atoms with Crippen LogP contribution in [0, 0.1) is 0 Å². The Labute approximate surface area is 82.2 Å². The minimum atomic E-state index is 0.986. The third kappa shape index (κ3) is 1.19. The van der Waals surface area contributed by atoms with Gasteiger partial charge in [-0.3, -0.25) is 4.68 Å². The maximum Gasteiger partial charge on any atom is 0.142 e. The van der Waals surface area contributed by atoms with Crippen molar-refractivity contribution in [1.29, 1.82) is 0 Å². The summed E-state index contributed by atoms with van der Waals surface area (Å²) >= 11 is 5.03. The monoisotopic (exact) mass is 243 g/mol. The summed E-state index contributed by atoms with van der Waals surface area (Å²) in [4.78, 5) is 4.21. The second-order valence-electron chi connectivity index (χ2n) is 2.30. The average Bonchev–Trinajstić information content (AvgIpc) is 2.61. The Morgan fingerprint density at radius 2 is 2.42 bits per heavy atom. The van der Waals surface area contributed by atoms with Crippen molar-refractivity contribution in [3.05, 3.63) is 22.2 Å². The lowest BCUT2D eigenvalue weighted by Gasteiger charge is -1.96. The Balaban J connectivity index is 2.60. The molecule has 0 unspecified atom stereocenters. The maximum absolute atomic E-state index is 4.21. The maximum atomic E-state index is 4.21. The smallest absolute Gasteiger partial charge is 0.142 e. The minimum absolute atomic E-state index is 0.986. The van der Waals surface area contributed by atoms with E-state index in [0.29, 0.717) is 0 Å². The van der Waals surface area contributed by atoms with Crippen LogP contribution in [0.3, 0.4) is 0 Å². The van der Waals surface area contributed by atoms with Crippen LogP contribution in [0.1, 0.15) is 0 Å². The molecule has 0 N–H and O–H groups in total. The quantitative estimate of drug-likeness (QED) is 0.770. The lowest BCUT2D eigenvalue weighted by molar-refractivity contribution is 0.775. The first-order chi connectivity index (χ1) is 5.79. The lowest BCUT2D eigenvalue weighted by atomic mass is 10.4. The van der Waals surface area contributed by atoms with Crippen LogP contribution in [0.5, 0.6) is 0 Å². The summed E-state index contributed by atoms with van der Waals surface area (Å²) in [7, 11) is 1.90. The molecule has 5 heteroatoms. The predicted octanol–water partition coefficient (Wildman–Crippen LogP) is 2.31. The van der Waals surface area contributed by atoms with Gasteiger partial charge in [-0.2, -0.15) is 5.10 Å². The first kappa shape index (κ1) is 7.94. The molecule has 0 bridgehead atoms. The normalized spacial score (nSPS) is 10.5. The molecule has 0 saturated carbocycles. The van der Waals surface area contributed by atoms with Gasteiger partial charge in [0.1, 0.15) is 10.7 Å². The van der Waals surface area contributed by atoms with E-state index in [0.717, 1.165) is 15.2 Å². The van der Waals surface area contributed by atoms with E-state index in [-0.39, 0.29) is 0 Å². The Morgan fingerprint density at radius 3 is 2.92 bits per heavy atom. The SMILES string of the molecule is Cn1ncc(Br)c1-c1nccs1. The van der Waals surface area contributed by atoms with Gasteiger partial charge in [-0.05, 0) is 15.9 Å². The number of hydrogen-bond donors (Lipinski definition) is 0. The van der Waals surface area contributed by atoms with Crippen molar-refractivity contribution < 1.29 is 0 Å². The summed E-state index contributed by atoms with van der Waals surface area (Å²) in [6.07, 6.45) is 3.57. The van der Waals surface area contributed by atoms with Crippen molar-refractivity contribution in [2.24, 2.45) is 7.05 Å². The Kier molecular flexibility index (Phi) is 1.98. The summed E-state index contributed by atoms with van der Waals surface area (Å²) in [6.45, 7) is 0. The summed E-state index contributed by atoms with van der Waals surface area (Å²) in [5.41, 5.74) is 1.03. The summed E-state index contributed by atoms with van der Waals surface area (Å²) in [5.74, 6) is 0. The van der Waals surface area contributed by atoms with Crippen molar-refractivity contribution in [1.82, 2.24) is 14.8 Å². The number of rotatable bonds is 1. The van der Waals surface area contributed by atoms with E-state index in [2.05, 4.69) is 26.0 Å². The zero-order valence-corrected chi connectivity index (χ0v) is 8.76. The van der Waals surface area contributed by atoms with Gasteiger partial charge in [-0.1, -0.05) is 0 Å². The topological polar surface area (TPSA) is 30.7 Å². The zero-order chi connectivity index (χ0) is 8.55. The Bertz CT molecular complexity index is 360. The molecule has 0 radical (unpaired) electrons. The van der Waals surface area contributed by atoms with Gasteiger partial charge in [0.25, 0.3) is 0 Å². The van der Waals surface area contributed by atoms with Crippen LogP contribution in [0.25, 0.3) is 10.7 Å². The highest BCUT2D eigenvalue weighted by molar-refractivity contribution is 9.10. The molecule has 2 heterocycles. The van der Waals surface area contributed by atoms with Crippen LogP contribution in [0.4, 0.5) is 0 Å². The van der Waals surface area contributed by atoms with Gasteiger partial charge in [0.05, 0.1) is 10.7 Å². The van der Waals surface area contributed by atoms with Gasteiger partial charge in [0.15, 0.2) is 0 Å². The van der Waals surface area contributed by atoms with Crippen LogP contribution >= 0.6 is 27.3 Å². The molecule has 0 aliphatic carbocycles. The molecule has 3 nitrogen and oxygen atoms in total. The fraction of sp³-hybridized carbons (Fsp3) is 0.143. The second kappa shape index (κ2) is 2.99. The first-order valence-electron chi connectivity index (χ1n) is 3.36. The lowest BCUT2D eigenvalue weighted by Crippen LogP contribution is -1.92. The average molecular weight is 244 g/mol. The van der Waals surface area contributed by atoms with Crippen molar-refractivity contribution in [3.63, 3.8) is 0 Å². The fourth-order valence-electron chi connectivity index (χ4n) is 0.992. The van der Waals surface area contributed by atoms with Crippen LogP contribution in [0.2, 0.25) is 0 Å². The van der Waals surface area contributed by atoms with Crippen molar-refractivity contribution in [2.75, 3.05) is 0 Å². The molecule has 0 fully saturated rings. The van der Waals surface area contributed by atoms with Crippen molar-refractivity contribution in [3.8, 4) is 10.7 Å². The van der Waals surface area contributed by atoms with E-state index in [1.165, 1.54) is 0 Å². The predicted molar refractivity (Wildman–Crippen MR) is 52.0 cm³/mol. The molecule has 12 heavy (non-hydrogen) atoms. The van der Waals surface area contributed by atoms with Crippen LogP contribution < -0.4 is 0 Å². The zero-order valence-electron chi connectivity index (χ0n) is 6.36. The van der Waals surface area contributed by atoms with E-state index < -0.39 is 0 Å². The highest BCUT2D eigenvalue weighted by atomic mass is 79.9. The van der Waals surface area contributed by atoms with E-state index in [4.69, 9.17) is 0 Å². The minimum Gasteiger partial charge on any atom is -0.264 e. The number of nitrogens with zero attached hydrogens (tertiary/aromatic N) is 3. The molecule has 0 amide bonds. The summed E-state index contributed by atoms with van der Waals surface area (Å²) < 4.78 is 2.79. The number of hydrogen-bond acceptors (Lipinski definition) is 3. The molecule has 0 spiro atoms.